The Kier molecular flexibility index (Phi) is 7.94. The van der Waals surface area contributed by atoms with E-state index in [2.05, 4.69) is 10.6 Å². The Morgan fingerprint density at radius 2 is 1.71 bits per heavy atom. The van der Waals surface area contributed by atoms with Crippen molar-refractivity contribution in [3.8, 4) is 0 Å². The van der Waals surface area contributed by atoms with Gasteiger partial charge < -0.3 is 15.4 Å². The van der Waals surface area contributed by atoms with Gasteiger partial charge in [-0.25, -0.2) is 13.2 Å². The molecule has 0 aromatic heterocycles. The van der Waals surface area contributed by atoms with Crippen LogP contribution < -0.4 is 10.6 Å². The minimum atomic E-state index is -3.83. The second-order valence-corrected chi connectivity index (χ2v) is 8.17. The maximum absolute atomic E-state index is 12.9. The maximum atomic E-state index is 12.9. The van der Waals surface area contributed by atoms with Crippen molar-refractivity contribution in [2.75, 3.05) is 32.8 Å². The van der Waals surface area contributed by atoms with Gasteiger partial charge in [-0.2, -0.15) is 4.31 Å². The minimum Gasteiger partial charge on any atom is -0.452 e. The number of hydrogen-bond donors (Lipinski definition) is 2. The number of nitrogens with one attached hydrogen (secondary N) is 2. The van der Waals surface area contributed by atoms with E-state index in [4.69, 9.17) is 4.74 Å². The molecule has 0 bridgehead atoms. The van der Waals surface area contributed by atoms with E-state index in [-0.39, 0.29) is 22.9 Å². The Labute approximate surface area is 164 Å². The van der Waals surface area contributed by atoms with E-state index < -0.39 is 28.5 Å². The molecule has 2 N–H and O–H groups in total. The smallest absolute Gasteiger partial charge is 0.340 e. The van der Waals surface area contributed by atoms with Crippen LogP contribution in [0.4, 0.5) is 0 Å². The molecule has 1 heterocycles. The molecule has 10 heteroatoms. The van der Waals surface area contributed by atoms with Crippen molar-refractivity contribution < 1.29 is 27.5 Å². The van der Waals surface area contributed by atoms with E-state index in [0.717, 1.165) is 19.3 Å². The summed E-state index contributed by atoms with van der Waals surface area (Å²) in [6.07, 6.45) is 2.52. The van der Waals surface area contributed by atoms with Crippen LogP contribution in [0.5, 0.6) is 0 Å². The first-order valence-corrected chi connectivity index (χ1v) is 10.6. The van der Waals surface area contributed by atoms with Gasteiger partial charge in [-0.3, -0.25) is 9.59 Å². The number of ether oxygens (including phenoxy) is 1. The highest BCUT2D eigenvalue weighted by Gasteiger charge is 2.30. The first-order chi connectivity index (χ1) is 13.4. The van der Waals surface area contributed by atoms with Crippen molar-refractivity contribution in [1.29, 1.82) is 0 Å². The number of amides is 2. The largest absolute Gasteiger partial charge is 0.452 e. The summed E-state index contributed by atoms with van der Waals surface area (Å²) in [7, 11) is -3.83. The predicted molar refractivity (Wildman–Crippen MR) is 101 cm³/mol. The quantitative estimate of drug-likeness (QED) is 0.592. The number of esters is 1. The van der Waals surface area contributed by atoms with Gasteiger partial charge in [0.25, 0.3) is 5.91 Å². The fourth-order valence-corrected chi connectivity index (χ4v) is 4.50. The summed E-state index contributed by atoms with van der Waals surface area (Å²) < 4.78 is 32.1. The molecule has 1 fully saturated rings. The molecule has 0 radical (unpaired) electrons. The standard InChI is InChI=1S/C18H25N3O6S/c1-2-19-16(22)12-20-17(23)13-27-18(24)14-8-4-5-9-15(14)28(25,26)21-10-6-3-7-11-21/h4-5,8-9H,2-3,6-7,10-13H2,1H3,(H,19,22)(H,20,23). The lowest BCUT2D eigenvalue weighted by Crippen LogP contribution is -2.38. The van der Waals surface area contributed by atoms with Gasteiger partial charge in [-0.15, -0.1) is 0 Å². The second-order valence-electron chi connectivity index (χ2n) is 6.27. The van der Waals surface area contributed by atoms with Gasteiger partial charge >= 0.3 is 5.97 Å². The van der Waals surface area contributed by atoms with Gasteiger partial charge in [0.1, 0.15) is 0 Å². The fourth-order valence-electron chi connectivity index (χ4n) is 2.80. The Morgan fingerprint density at radius 3 is 2.39 bits per heavy atom. The summed E-state index contributed by atoms with van der Waals surface area (Å²) in [5, 5.41) is 4.83. The Balaban J connectivity index is 2.02. The Hall–Kier alpha value is -2.46. The van der Waals surface area contributed by atoms with Gasteiger partial charge in [0.05, 0.1) is 17.0 Å². The van der Waals surface area contributed by atoms with E-state index in [1.807, 2.05) is 0 Å². The molecule has 0 spiro atoms. The van der Waals surface area contributed by atoms with Crippen LogP contribution in [-0.2, 0) is 24.3 Å². The lowest BCUT2D eigenvalue weighted by molar-refractivity contribution is -0.127. The monoisotopic (exact) mass is 411 g/mol. The molecule has 1 aromatic carbocycles. The first kappa shape index (κ1) is 21.8. The molecule has 1 aromatic rings. The van der Waals surface area contributed by atoms with Crippen molar-refractivity contribution >= 4 is 27.8 Å². The number of carbonyl (C=O) groups excluding carboxylic acids is 3. The molecule has 154 valence electrons. The third-order valence-corrected chi connectivity index (χ3v) is 6.15. The average Bonchev–Trinajstić information content (AvgIpc) is 2.71. The summed E-state index contributed by atoms with van der Waals surface area (Å²) >= 11 is 0. The van der Waals surface area contributed by atoms with Gasteiger partial charge in [-0.1, -0.05) is 18.6 Å². The number of piperidine rings is 1. The zero-order valence-electron chi connectivity index (χ0n) is 15.8. The van der Waals surface area contributed by atoms with Gasteiger partial charge in [0, 0.05) is 19.6 Å². The molecular weight excluding hydrogens is 386 g/mol. The molecule has 28 heavy (non-hydrogen) atoms. The van der Waals surface area contributed by atoms with E-state index in [0.29, 0.717) is 19.6 Å². The van der Waals surface area contributed by atoms with E-state index in [1.165, 1.54) is 28.6 Å². The minimum absolute atomic E-state index is 0.121. The average molecular weight is 411 g/mol. The zero-order chi connectivity index (χ0) is 20.6. The summed E-state index contributed by atoms with van der Waals surface area (Å²) in [6, 6.07) is 5.77. The van der Waals surface area contributed by atoms with Crippen molar-refractivity contribution in [3.05, 3.63) is 29.8 Å². The van der Waals surface area contributed by atoms with Gasteiger partial charge in [0.2, 0.25) is 15.9 Å². The molecule has 0 atom stereocenters. The molecule has 0 saturated carbocycles. The lowest BCUT2D eigenvalue weighted by Gasteiger charge is -2.26. The third-order valence-electron chi connectivity index (χ3n) is 4.19. The van der Waals surface area contributed by atoms with Crippen molar-refractivity contribution in [1.82, 2.24) is 14.9 Å². The molecule has 0 aliphatic carbocycles. The number of rotatable bonds is 8. The number of likely N-dealkylation sites (N-methyl/N-ethyl adjacent to an activating group) is 1. The van der Waals surface area contributed by atoms with E-state index >= 15 is 0 Å². The number of sulfonamides is 1. The molecular formula is C18H25N3O6S. The number of carbonyl (C=O) groups is 3. The van der Waals surface area contributed by atoms with Crippen LogP contribution in [0, 0.1) is 0 Å². The Morgan fingerprint density at radius 1 is 1.04 bits per heavy atom. The van der Waals surface area contributed by atoms with E-state index in [1.54, 1.807) is 6.92 Å². The molecule has 2 amide bonds. The van der Waals surface area contributed by atoms with Crippen LogP contribution in [-0.4, -0.2) is 63.3 Å². The molecule has 1 aliphatic rings. The predicted octanol–water partition coefficient (Wildman–Crippen LogP) is 0.270. The van der Waals surface area contributed by atoms with Crippen LogP contribution in [0.15, 0.2) is 29.2 Å². The molecule has 2 rings (SSSR count). The van der Waals surface area contributed by atoms with Gasteiger partial charge in [0.15, 0.2) is 6.61 Å². The molecule has 9 nitrogen and oxygen atoms in total. The van der Waals surface area contributed by atoms with Crippen molar-refractivity contribution in [2.24, 2.45) is 0 Å². The van der Waals surface area contributed by atoms with Gasteiger partial charge in [-0.05, 0) is 31.9 Å². The number of hydrogen-bond acceptors (Lipinski definition) is 6. The van der Waals surface area contributed by atoms with E-state index in [9.17, 15) is 22.8 Å². The maximum Gasteiger partial charge on any atom is 0.340 e. The number of nitrogens with zero attached hydrogens (tertiary/aromatic N) is 1. The Bertz CT molecular complexity index is 818. The number of benzene rings is 1. The van der Waals surface area contributed by atoms with Crippen molar-refractivity contribution in [2.45, 2.75) is 31.1 Å². The highest BCUT2D eigenvalue weighted by atomic mass is 32.2. The van der Waals surface area contributed by atoms with Crippen LogP contribution >= 0.6 is 0 Å². The molecule has 1 saturated heterocycles. The van der Waals surface area contributed by atoms with Crippen LogP contribution in [0.25, 0.3) is 0 Å². The zero-order valence-corrected chi connectivity index (χ0v) is 16.6. The summed E-state index contributed by atoms with van der Waals surface area (Å²) in [5.74, 6) is -1.93. The highest BCUT2D eigenvalue weighted by molar-refractivity contribution is 7.89. The highest BCUT2D eigenvalue weighted by Crippen LogP contribution is 2.24. The molecule has 0 unspecified atom stereocenters. The summed E-state index contributed by atoms with van der Waals surface area (Å²) in [5.41, 5.74) is -0.121. The summed E-state index contributed by atoms with van der Waals surface area (Å²) in [4.78, 5) is 35.3. The fraction of sp³-hybridized carbons (Fsp3) is 0.500. The topological polar surface area (TPSA) is 122 Å². The lowest BCUT2D eigenvalue weighted by atomic mass is 10.2. The second kappa shape index (κ2) is 10.2. The van der Waals surface area contributed by atoms with Crippen LogP contribution in [0.2, 0.25) is 0 Å². The normalized spacial score (nSPS) is 14.9. The summed E-state index contributed by atoms with van der Waals surface area (Å²) in [6.45, 7) is 2.16. The first-order valence-electron chi connectivity index (χ1n) is 9.16. The van der Waals surface area contributed by atoms with Crippen LogP contribution in [0.1, 0.15) is 36.5 Å². The van der Waals surface area contributed by atoms with Crippen molar-refractivity contribution in [3.63, 3.8) is 0 Å². The third kappa shape index (κ3) is 5.77. The molecule has 1 aliphatic heterocycles. The van der Waals surface area contributed by atoms with Crippen LogP contribution in [0.3, 0.4) is 0 Å². The SMILES string of the molecule is CCNC(=O)CNC(=O)COC(=O)c1ccccc1S(=O)(=O)N1CCCCC1.